The van der Waals surface area contributed by atoms with Crippen LogP contribution in [0.3, 0.4) is 0 Å². The Kier molecular flexibility index (Phi) is 3.21. The number of phenolic OH excluding ortho intramolecular Hbond substituents is 1. The van der Waals surface area contributed by atoms with Gasteiger partial charge in [0.15, 0.2) is 0 Å². The standard InChI is InChI=1S/C8H10N2O3S.CH4/c11-6-1-2-7-8(5-6)14(12,13)10-4-3-9-7;/h1-2,5,9-11H,3-4H2;1H4. The molecule has 1 aliphatic rings. The third kappa shape index (κ3) is 2.21. The maximum Gasteiger partial charge on any atom is 0.242 e. The molecule has 84 valence electrons. The molecule has 15 heavy (non-hydrogen) atoms. The normalized spacial score (nSPS) is 17.9. The smallest absolute Gasteiger partial charge is 0.242 e. The van der Waals surface area contributed by atoms with Gasteiger partial charge in [0.2, 0.25) is 10.0 Å². The van der Waals surface area contributed by atoms with Gasteiger partial charge in [-0.15, -0.1) is 0 Å². The van der Waals surface area contributed by atoms with Crippen LogP contribution in [0.4, 0.5) is 5.69 Å². The lowest BCUT2D eigenvalue weighted by Crippen LogP contribution is -2.25. The lowest BCUT2D eigenvalue weighted by atomic mass is 10.3. The minimum absolute atomic E-state index is 0. The quantitative estimate of drug-likeness (QED) is 0.574. The highest BCUT2D eigenvalue weighted by atomic mass is 32.2. The molecular weight excluding hydrogens is 216 g/mol. The van der Waals surface area contributed by atoms with Gasteiger partial charge in [-0.25, -0.2) is 13.1 Å². The third-order valence-electron chi connectivity index (χ3n) is 1.99. The van der Waals surface area contributed by atoms with Crippen molar-refractivity contribution in [3.05, 3.63) is 18.2 Å². The van der Waals surface area contributed by atoms with E-state index in [2.05, 4.69) is 10.0 Å². The van der Waals surface area contributed by atoms with Crippen LogP contribution in [0.2, 0.25) is 0 Å². The Morgan fingerprint density at radius 2 is 2.00 bits per heavy atom. The van der Waals surface area contributed by atoms with E-state index in [9.17, 15) is 13.5 Å². The average Bonchev–Trinajstić information content (AvgIpc) is 2.26. The van der Waals surface area contributed by atoms with Crippen molar-refractivity contribution >= 4 is 15.7 Å². The molecule has 6 heteroatoms. The maximum atomic E-state index is 11.6. The maximum absolute atomic E-state index is 11.6. The highest BCUT2D eigenvalue weighted by molar-refractivity contribution is 7.89. The molecule has 0 aromatic heterocycles. The largest absolute Gasteiger partial charge is 0.508 e. The third-order valence-corrected chi connectivity index (χ3v) is 3.49. The Labute approximate surface area is 89.2 Å². The molecule has 0 amide bonds. The number of benzene rings is 1. The zero-order valence-electron chi connectivity index (χ0n) is 7.32. The number of phenols is 1. The fourth-order valence-corrected chi connectivity index (χ4v) is 2.57. The minimum Gasteiger partial charge on any atom is -0.508 e. The van der Waals surface area contributed by atoms with Crippen LogP contribution in [0, 0.1) is 0 Å². The molecule has 1 aromatic rings. The first kappa shape index (κ1) is 11.8. The van der Waals surface area contributed by atoms with Crippen LogP contribution in [0.5, 0.6) is 5.75 Å². The molecule has 0 fully saturated rings. The second kappa shape index (κ2) is 4.08. The van der Waals surface area contributed by atoms with Gasteiger partial charge in [-0.05, 0) is 12.1 Å². The van der Waals surface area contributed by atoms with Crippen molar-refractivity contribution in [3.8, 4) is 5.75 Å². The number of nitrogens with one attached hydrogen (secondary N) is 2. The van der Waals surface area contributed by atoms with E-state index in [0.717, 1.165) is 0 Å². The highest BCUT2D eigenvalue weighted by Crippen LogP contribution is 2.26. The van der Waals surface area contributed by atoms with Crippen molar-refractivity contribution in [1.29, 1.82) is 0 Å². The number of fused-ring (bicyclic) bond motifs is 1. The Balaban J connectivity index is 0.00000112. The number of sulfonamides is 1. The molecule has 0 aliphatic carbocycles. The second-order valence-electron chi connectivity index (χ2n) is 3.01. The van der Waals surface area contributed by atoms with E-state index < -0.39 is 10.0 Å². The number of anilines is 1. The van der Waals surface area contributed by atoms with E-state index in [1.165, 1.54) is 12.1 Å². The van der Waals surface area contributed by atoms with Crippen molar-refractivity contribution in [2.45, 2.75) is 12.3 Å². The van der Waals surface area contributed by atoms with E-state index in [-0.39, 0.29) is 18.1 Å². The summed E-state index contributed by atoms with van der Waals surface area (Å²) in [4.78, 5) is 0.0926. The van der Waals surface area contributed by atoms with Crippen molar-refractivity contribution in [2.75, 3.05) is 18.4 Å². The lowest BCUT2D eigenvalue weighted by Gasteiger charge is -2.06. The van der Waals surface area contributed by atoms with Crippen LogP contribution in [0.25, 0.3) is 0 Å². The predicted molar refractivity (Wildman–Crippen MR) is 58.5 cm³/mol. The van der Waals surface area contributed by atoms with Gasteiger partial charge >= 0.3 is 0 Å². The van der Waals surface area contributed by atoms with Gasteiger partial charge in [-0.3, -0.25) is 0 Å². The van der Waals surface area contributed by atoms with Crippen molar-refractivity contribution in [1.82, 2.24) is 4.72 Å². The fraction of sp³-hybridized carbons (Fsp3) is 0.333. The van der Waals surface area contributed by atoms with Crippen molar-refractivity contribution < 1.29 is 13.5 Å². The summed E-state index contributed by atoms with van der Waals surface area (Å²) in [7, 11) is -3.47. The van der Waals surface area contributed by atoms with E-state index in [0.29, 0.717) is 18.8 Å². The molecule has 0 atom stereocenters. The summed E-state index contributed by atoms with van der Waals surface area (Å²) in [6, 6.07) is 4.23. The molecule has 3 N–H and O–H groups in total. The molecule has 0 unspecified atom stereocenters. The molecule has 1 aliphatic heterocycles. The summed E-state index contributed by atoms with van der Waals surface area (Å²) < 4.78 is 25.6. The van der Waals surface area contributed by atoms with Crippen LogP contribution < -0.4 is 10.0 Å². The fourth-order valence-electron chi connectivity index (χ4n) is 1.34. The molecule has 1 aromatic carbocycles. The second-order valence-corrected chi connectivity index (χ2v) is 4.74. The topological polar surface area (TPSA) is 78.4 Å². The summed E-state index contributed by atoms with van der Waals surface area (Å²) >= 11 is 0. The van der Waals surface area contributed by atoms with Crippen LogP contribution in [-0.4, -0.2) is 26.6 Å². The summed E-state index contributed by atoms with van der Waals surface area (Å²) in [5.74, 6) is -0.0576. The molecule has 0 spiro atoms. The highest BCUT2D eigenvalue weighted by Gasteiger charge is 2.21. The lowest BCUT2D eigenvalue weighted by molar-refractivity contribution is 0.473. The van der Waals surface area contributed by atoms with E-state index in [1.54, 1.807) is 6.07 Å². The number of aromatic hydroxyl groups is 1. The molecule has 0 saturated heterocycles. The average molecular weight is 230 g/mol. The zero-order chi connectivity index (χ0) is 10.2. The van der Waals surface area contributed by atoms with Gasteiger partial charge in [0.1, 0.15) is 10.6 Å². The van der Waals surface area contributed by atoms with Gasteiger partial charge in [0.05, 0.1) is 5.69 Å². The molecule has 5 nitrogen and oxygen atoms in total. The van der Waals surface area contributed by atoms with E-state index in [1.807, 2.05) is 0 Å². The Morgan fingerprint density at radius 1 is 1.27 bits per heavy atom. The summed E-state index contributed by atoms with van der Waals surface area (Å²) in [5, 5.41) is 12.1. The van der Waals surface area contributed by atoms with Gasteiger partial charge in [0.25, 0.3) is 0 Å². The van der Waals surface area contributed by atoms with Gasteiger partial charge < -0.3 is 10.4 Å². The van der Waals surface area contributed by atoms with Crippen molar-refractivity contribution in [3.63, 3.8) is 0 Å². The molecule has 2 rings (SSSR count). The Morgan fingerprint density at radius 3 is 2.73 bits per heavy atom. The first-order chi connectivity index (χ1) is 6.59. The molecule has 0 bridgehead atoms. The molecule has 0 saturated carbocycles. The predicted octanol–water partition coefficient (Wildman–Crippen LogP) is 0.732. The first-order valence-corrected chi connectivity index (χ1v) is 5.64. The van der Waals surface area contributed by atoms with E-state index in [4.69, 9.17) is 0 Å². The van der Waals surface area contributed by atoms with Crippen LogP contribution in [0.15, 0.2) is 23.1 Å². The summed E-state index contributed by atoms with van der Waals surface area (Å²) in [6.45, 7) is 0.884. The van der Waals surface area contributed by atoms with Crippen LogP contribution in [-0.2, 0) is 10.0 Å². The molecule has 0 radical (unpaired) electrons. The number of rotatable bonds is 0. The Bertz CT molecular complexity index is 456. The SMILES string of the molecule is C.O=S1(=O)NCCNc2ccc(O)cc21. The minimum atomic E-state index is -3.47. The van der Waals surface area contributed by atoms with E-state index >= 15 is 0 Å². The van der Waals surface area contributed by atoms with Gasteiger partial charge in [-0.1, -0.05) is 7.43 Å². The van der Waals surface area contributed by atoms with Gasteiger partial charge in [0, 0.05) is 19.2 Å². The number of hydrogen-bond donors (Lipinski definition) is 3. The molecule has 1 heterocycles. The van der Waals surface area contributed by atoms with Crippen LogP contribution >= 0.6 is 0 Å². The summed E-state index contributed by atoms with van der Waals surface area (Å²) in [6.07, 6.45) is 0. The summed E-state index contributed by atoms with van der Waals surface area (Å²) in [5.41, 5.74) is 0.521. The zero-order valence-corrected chi connectivity index (χ0v) is 8.13. The Hall–Kier alpha value is -1.27. The van der Waals surface area contributed by atoms with Crippen molar-refractivity contribution in [2.24, 2.45) is 0 Å². The number of hydrogen-bond acceptors (Lipinski definition) is 4. The first-order valence-electron chi connectivity index (χ1n) is 4.16. The van der Waals surface area contributed by atoms with Gasteiger partial charge in [-0.2, -0.15) is 0 Å². The monoisotopic (exact) mass is 230 g/mol. The van der Waals surface area contributed by atoms with Crippen LogP contribution in [0.1, 0.15) is 7.43 Å². The molecular formula is C9H14N2O3S.